The van der Waals surface area contributed by atoms with Crippen LogP contribution in [0.5, 0.6) is 0 Å². The van der Waals surface area contributed by atoms with Gasteiger partial charge in [0.25, 0.3) is 5.91 Å². The maximum atomic E-state index is 12.6. The molecule has 2 N–H and O–H groups in total. The Bertz CT molecular complexity index is 547. The summed E-state index contributed by atoms with van der Waals surface area (Å²) in [4.78, 5) is 19.7. The SMILES string of the molecule is CC(C)N(Cc1cccs1)C(=O)c1cn(CCN)cn1. The molecule has 2 aromatic heterocycles. The number of imidazole rings is 1. The Morgan fingerprint density at radius 1 is 1.55 bits per heavy atom. The lowest BCUT2D eigenvalue weighted by molar-refractivity contribution is 0.0687. The van der Waals surface area contributed by atoms with E-state index in [9.17, 15) is 4.79 Å². The van der Waals surface area contributed by atoms with Crippen LogP contribution >= 0.6 is 11.3 Å². The van der Waals surface area contributed by atoms with E-state index in [1.54, 1.807) is 23.9 Å². The summed E-state index contributed by atoms with van der Waals surface area (Å²) in [5.41, 5.74) is 5.98. The fourth-order valence-corrected chi connectivity index (χ4v) is 2.65. The number of nitrogens with zero attached hydrogens (tertiary/aromatic N) is 3. The molecule has 6 heteroatoms. The van der Waals surface area contributed by atoms with Gasteiger partial charge >= 0.3 is 0 Å². The molecule has 2 heterocycles. The van der Waals surface area contributed by atoms with Gasteiger partial charge in [0.2, 0.25) is 0 Å². The highest BCUT2D eigenvalue weighted by Gasteiger charge is 2.21. The molecule has 0 aromatic carbocycles. The van der Waals surface area contributed by atoms with Crippen molar-refractivity contribution in [2.75, 3.05) is 6.54 Å². The third-order valence-corrected chi connectivity index (χ3v) is 3.89. The number of nitrogens with two attached hydrogens (primary N) is 1. The lowest BCUT2D eigenvalue weighted by Gasteiger charge is -2.25. The quantitative estimate of drug-likeness (QED) is 0.885. The van der Waals surface area contributed by atoms with E-state index in [1.165, 1.54) is 4.88 Å². The predicted octanol–water partition coefficient (Wildman–Crippen LogP) is 1.95. The van der Waals surface area contributed by atoms with Crippen LogP contribution in [-0.4, -0.2) is 32.9 Å². The van der Waals surface area contributed by atoms with E-state index in [-0.39, 0.29) is 11.9 Å². The van der Waals surface area contributed by atoms with Crippen LogP contribution in [0.15, 0.2) is 30.0 Å². The van der Waals surface area contributed by atoms with Gasteiger partial charge in [-0.2, -0.15) is 0 Å². The standard InChI is InChI=1S/C14H20N4OS/c1-11(2)18(8-12-4-3-7-20-12)14(19)13-9-17(6-5-15)10-16-13/h3-4,7,9-11H,5-6,8,15H2,1-2H3. The third kappa shape index (κ3) is 3.46. The predicted molar refractivity (Wildman–Crippen MR) is 80.6 cm³/mol. The number of carbonyl (C=O) groups excluding carboxylic acids is 1. The summed E-state index contributed by atoms with van der Waals surface area (Å²) >= 11 is 1.66. The minimum Gasteiger partial charge on any atom is -0.335 e. The minimum atomic E-state index is -0.0378. The second-order valence-electron chi connectivity index (χ2n) is 4.89. The summed E-state index contributed by atoms with van der Waals surface area (Å²) in [6.07, 6.45) is 3.42. The minimum absolute atomic E-state index is 0.0378. The average Bonchev–Trinajstić information content (AvgIpc) is 3.06. The maximum Gasteiger partial charge on any atom is 0.274 e. The summed E-state index contributed by atoms with van der Waals surface area (Å²) in [5.74, 6) is -0.0378. The third-order valence-electron chi connectivity index (χ3n) is 3.03. The van der Waals surface area contributed by atoms with Crippen molar-refractivity contribution in [3.05, 3.63) is 40.6 Å². The summed E-state index contributed by atoms with van der Waals surface area (Å²) in [5, 5.41) is 2.02. The number of hydrogen-bond acceptors (Lipinski definition) is 4. The van der Waals surface area contributed by atoms with Crippen LogP contribution in [0.25, 0.3) is 0 Å². The van der Waals surface area contributed by atoms with Crippen molar-refractivity contribution in [2.24, 2.45) is 5.73 Å². The normalized spacial score (nSPS) is 11.0. The highest BCUT2D eigenvalue weighted by atomic mass is 32.1. The van der Waals surface area contributed by atoms with E-state index in [1.807, 2.05) is 40.8 Å². The Balaban J connectivity index is 2.13. The Morgan fingerprint density at radius 2 is 2.35 bits per heavy atom. The van der Waals surface area contributed by atoms with E-state index in [2.05, 4.69) is 4.98 Å². The molecule has 0 atom stereocenters. The average molecular weight is 292 g/mol. The molecular weight excluding hydrogens is 272 g/mol. The largest absolute Gasteiger partial charge is 0.335 e. The van der Waals surface area contributed by atoms with Crippen LogP contribution < -0.4 is 5.73 Å². The first kappa shape index (κ1) is 14.7. The van der Waals surface area contributed by atoms with E-state index in [4.69, 9.17) is 5.73 Å². The van der Waals surface area contributed by atoms with Gasteiger partial charge in [0.15, 0.2) is 0 Å². The molecule has 0 saturated heterocycles. The van der Waals surface area contributed by atoms with Gasteiger partial charge in [0.05, 0.1) is 12.9 Å². The van der Waals surface area contributed by atoms with Crippen molar-refractivity contribution in [2.45, 2.75) is 33.0 Å². The van der Waals surface area contributed by atoms with Crippen molar-refractivity contribution in [3.8, 4) is 0 Å². The van der Waals surface area contributed by atoms with Crippen molar-refractivity contribution in [1.29, 1.82) is 0 Å². The van der Waals surface area contributed by atoms with Gasteiger partial charge in [-0.15, -0.1) is 11.3 Å². The van der Waals surface area contributed by atoms with Gasteiger partial charge in [-0.25, -0.2) is 4.98 Å². The van der Waals surface area contributed by atoms with Gasteiger partial charge < -0.3 is 15.2 Å². The smallest absolute Gasteiger partial charge is 0.274 e. The molecule has 108 valence electrons. The second kappa shape index (κ2) is 6.67. The fraction of sp³-hybridized carbons (Fsp3) is 0.429. The Labute approximate surface area is 123 Å². The molecular formula is C14H20N4OS. The van der Waals surface area contributed by atoms with Crippen molar-refractivity contribution in [3.63, 3.8) is 0 Å². The van der Waals surface area contributed by atoms with Crippen LogP contribution in [0.2, 0.25) is 0 Å². The number of thiophene rings is 1. The zero-order valence-corrected chi connectivity index (χ0v) is 12.6. The highest BCUT2D eigenvalue weighted by Crippen LogP contribution is 2.16. The monoisotopic (exact) mass is 292 g/mol. The fourth-order valence-electron chi connectivity index (χ4n) is 1.95. The van der Waals surface area contributed by atoms with Crippen LogP contribution in [0.4, 0.5) is 0 Å². The molecule has 0 aliphatic rings. The van der Waals surface area contributed by atoms with Crippen LogP contribution in [-0.2, 0) is 13.1 Å². The van der Waals surface area contributed by atoms with Gasteiger partial charge in [0, 0.05) is 30.2 Å². The lowest BCUT2D eigenvalue weighted by Crippen LogP contribution is -2.36. The number of aromatic nitrogens is 2. The summed E-state index contributed by atoms with van der Waals surface area (Å²) in [7, 11) is 0. The number of rotatable bonds is 6. The lowest BCUT2D eigenvalue weighted by atomic mass is 10.2. The van der Waals surface area contributed by atoms with Crippen molar-refractivity contribution in [1.82, 2.24) is 14.5 Å². The molecule has 20 heavy (non-hydrogen) atoms. The molecule has 2 aromatic rings. The molecule has 0 unspecified atom stereocenters. The first-order valence-corrected chi connectivity index (χ1v) is 7.55. The van der Waals surface area contributed by atoms with E-state index < -0.39 is 0 Å². The first-order chi connectivity index (χ1) is 9.61. The number of hydrogen-bond donors (Lipinski definition) is 1. The zero-order valence-electron chi connectivity index (χ0n) is 11.8. The van der Waals surface area contributed by atoms with Crippen molar-refractivity contribution < 1.29 is 4.79 Å². The summed E-state index contributed by atoms with van der Waals surface area (Å²) in [6.45, 7) is 5.86. The van der Waals surface area contributed by atoms with Crippen molar-refractivity contribution >= 4 is 17.2 Å². The van der Waals surface area contributed by atoms with Gasteiger partial charge in [-0.1, -0.05) is 6.07 Å². The molecule has 0 radical (unpaired) electrons. The van der Waals surface area contributed by atoms with Crippen LogP contribution in [0.1, 0.15) is 29.2 Å². The maximum absolute atomic E-state index is 12.6. The summed E-state index contributed by atoms with van der Waals surface area (Å²) in [6, 6.07) is 4.17. The molecule has 0 aliphatic carbocycles. The Kier molecular flexibility index (Phi) is 4.92. The van der Waals surface area contributed by atoms with Gasteiger partial charge in [-0.05, 0) is 25.3 Å². The van der Waals surface area contributed by atoms with Crippen LogP contribution in [0, 0.1) is 0 Å². The first-order valence-electron chi connectivity index (χ1n) is 6.67. The number of amides is 1. The highest BCUT2D eigenvalue weighted by molar-refractivity contribution is 7.09. The molecule has 0 bridgehead atoms. The Hall–Kier alpha value is -1.66. The second-order valence-corrected chi connectivity index (χ2v) is 5.92. The number of carbonyl (C=O) groups is 1. The molecule has 5 nitrogen and oxygen atoms in total. The van der Waals surface area contributed by atoms with E-state index in [0.717, 1.165) is 0 Å². The Morgan fingerprint density at radius 3 is 2.95 bits per heavy atom. The summed E-state index contributed by atoms with van der Waals surface area (Å²) < 4.78 is 1.84. The van der Waals surface area contributed by atoms with Gasteiger partial charge in [-0.3, -0.25) is 4.79 Å². The molecule has 2 rings (SSSR count). The molecule has 0 spiro atoms. The topological polar surface area (TPSA) is 64.2 Å². The molecule has 0 saturated carbocycles. The van der Waals surface area contributed by atoms with E-state index in [0.29, 0.717) is 25.3 Å². The molecule has 0 aliphatic heterocycles. The van der Waals surface area contributed by atoms with Crippen LogP contribution in [0.3, 0.4) is 0 Å². The molecule has 1 amide bonds. The molecule has 0 fully saturated rings. The zero-order chi connectivity index (χ0) is 14.5. The van der Waals surface area contributed by atoms with Gasteiger partial charge in [0.1, 0.15) is 5.69 Å². The van der Waals surface area contributed by atoms with E-state index >= 15 is 0 Å².